The fourth-order valence-corrected chi connectivity index (χ4v) is 1.73. The molecule has 18 heavy (non-hydrogen) atoms. The average molecular weight is 254 g/mol. The number of imidazole rings is 1. The molecule has 0 fully saturated rings. The quantitative estimate of drug-likeness (QED) is 0.703. The third-order valence-electron chi connectivity index (χ3n) is 2.43. The molecule has 1 rings (SSSR count). The summed E-state index contributed by atoms with van der Waals surface area (Å²) in [6.45, 7) is 4.01. The van der Waals surface area contributed by atoms with Gasteiger partial charge in [0.25, 0.3) is 0 Å². The molecule has 0 saturated heterocycles. The van der Waals surface area contributed by atoms with Crippen molar-refractivity contribution in [2.75, 3.05) is 13.1 Å². The Bertz CT molecular complexity index is 412. The zero-order valence-corrected chi connectivity index (χ0v) is 10.5. The van der Waals surface area contributed by atoms with Gasteiger partial charge in [-0.05, 0) is 13.8 Å². The molecule has 7 heteroatoms. The molecule has 0 atom stereocenters. The van der Waals surface area contributed by atoms with Crippen molar-refractivity contribution in [3.63, 3.8) is 0 Å². The fourth-order valence-electron chi connectivity index (χ4n) is 1.73. The van der Waals surface area contributed by atoms with Gasteiger partial charge in [0.05, 0.1) is 25.1 Å². The van der Waals surface area contributed by atoms with Crippen LogP contribution in [0.25, 0.3) is 0 Å². The molecule has 0 aliphatic carbocycles. The Morgan fingerprint density at radius 2 is 2.17 bits per heavy atom. The van der Waals surface area contributed by atoms with Gasteiger partial charge in [0.15, 0.2) is 0 Å². The Morgan fingerprint density at radius 1 is 1.50 bits per heavy atom. The molecule has 0 aromatic carbocycles. The summed E-state index contributed by atoms with van der Waals surface area (Å²) in [7, 11) is 0. The second kappa shape index (κ2) is 6.15. The van der Waals surface area contributed by atoms with E-state index >= 15 is 0 Å². The first kappa shape index (κ1) is 14.2. The number of carbonyl (C=O) groups is 2. The molecule has 1 heterocycles. The molecule has 0 saturated carbocycles. The van der Waals surface area contributed by atoms with Gasteiger partial charge in [-0.15, -0.1) is 0 Å². The summed E-state index contributed by atoms with van der Waals surface area (Å²) in [5.41, 5.74) is 5.95. The van der Waals surface area contributed by atoms with E-state index in [4.69, 9.17) is 10.8 Å². The van der Waals surface area contributed by atoms with E-state index < -0.39 is 11.9 Å². The highest BCUT2D eigenvalue weighted by Crippen LogP contribution is 2.11. The van der Waals surface area contributed by atoms with Crippen LogP contribution < -0.4 is 5.73 Å². The van der Waals surface area contributed by atoms with Gasteiger partial charge >= 0.3 is 5.97 Å². The van der Waals surface area contributed by atoms with Crippen LogP contribution in [0.4, 0.5) is 0 Å². The lowest BCUT2D eigenvalue weighted by Gasteiger charge is -2.20. The van der Waals surface area contributed by atoms with Crippen molar-refractivity contribution in [2.24, 2.45) is 5.73 Å². The lowest BCUT2D eigenvalue weighted by molar-refractivity contribution is -0.138. The van der Waals surface area contributed by atoms with Crippen LogP contribution in [0.3, 0.4) is 0 Å². The molecular weight excluding hydrogens is 236 g/mol. The summed E-state index contributed by atoms with van der Waals surface area (Å²) in [5, 5.41) is 8.79. The van der Waals surface area contributed by atoms with Gasteiger partial charge in [0.2, 0.25) is 5.91 Å². The van der Waals surface area contributed by atoms with Crippen molar-refractivity contribution in [2.45, 2.75) is 26.4 Å². The zero-order valence-electron chi connectivity index (χ0n) is 10.5. The lowest BCUT2D eigenvalue weighted by atomic mass is 10.3. The number of carboxylic acid groups (broad SMARTS) is 1. The first-order valence-corrected chi connectivity index (χ1v) is 5.63. The summed E-state index contributed by atoms with van der Waals surface area (Å²) in [4.78, 5) is 27.1. The minimum Gasteiger partial charge on any atom is -0.480 e. The number of amides is 1. The first-order valence-electron chi connectivity index (χ1n) is 5.63. The van der Waals surface area contributed by atoms with Crippen LogP contribution in [-0.4, -0.2) is 44.5 Å². The molecule has 100 valence electrons. The first-order chi connectivity index (χ1) is 8.40. The lowest BCUT2D eigenvalue weighted by Crippen LogP contribution is -2.37. The Balaban J connectivity index is 2.78. The summed E-state index contributed by atoms with van der Waals surface area (Å²) < 4.78 is 1.93. The second-order valence-corrected chi connectivity index (χ2v) is 4.39. The largest absolute Gasteiger partial charge is 0.480 e. The van der Waals surface area contributed by atoms with Gasteiger partial charge in [-0.3, -0.25) is 14.5 Å². The van der Waals surface area contributed by atoms with E-state index in [1.54, 1.807) is 12.5 Å². The van der Waals surface area contributed by atoms with Gasteiger partial charge in [0, 0.05) is 18.8 Å². The van der Waals surface area contributed by atoms with Crippen molar-refractivity contribution >= 4 is 11.9 Å². The van der Waals surface area contributed by atoms with Crippen molar-refractivity contribution in [1.82, 2.24) is 14.5 Å². The molecule has 7 nitrogen and oxygen atoms in total. The molecule has 0 radical (unpaired) electrons. The Kier molecular flexibility index (Phi) is 4.85. The predicted molar refractivity (Wildman–Crippen MR) is 64.7 cm³/mol. The van der Waals surface area contributed by atoms with E-state index in [9.17, 15) is 9.59 Å². The van der Waals surface area contributed by atoms with Crippen LogP contribution in [0.15, 0.2) is 12.5 Å². The van der Waals surface area contributed by atoms with E-state index in [1.165, 1.54) is 4.90 Å². The molecule has 1 aromatic heterocycles. The highest BCUT2D eigenvalue weighted by Gasteiger charge is 2.15. The number of primary amides is 1. The minimum absolute atomic E-state index is 0.0877. The Hall–Kier alpha value is -1.89. The number of rotatable bonds is 7. The zero-order chi connectivity index (χ0) is 13.7. The molecule has 0 aliphatic heterocycles. The number of aliphatic carboxylic acids is 1. The van der Waals surface area contributed by atoms with Crippen molar-refractivity contribution in [3.8, 4) is 0 Å². The molecule has 1 amide bonds. The monoisotopic (exact) mass is 254 g/mol. The second-order valence-electron chi connectivity index (χ2n) is 4.39. The summed E-state index contributed by atoms with van der Waals surface area (Å²) >= 11 is 0. The topological polar surface area (TPSA) is 101 Å². The maximum Gasteiger partial charge on any atom is 0.317 e. The molecule has 0 spiro atoms. The molecular formula is C11H18N4O3. The molecule has 0 aliphatic rings. The average Bonchev–Trinajstić information content (AvgIpc) is 2.63. The molecule has 3 N–H and O–H groups in total. The van der Waals surface area contributed by atoms with E-state index in [1.807, 2.05) is 18.4 Å². The van der Waals surface area contributed by atoms with Crippen molar-refractivity contribution < 1.29 is 14.7 Å². The standard InChI is InChI=1S/C11H18N4O3/c1-8(2)15-7-13-3-9(15)4-14(5-10(12)16)6-11(17)18/h3,7-8H,4-6H2,1-2H3,(H2,12,16)(H,17,18). The van der Waals surface area contributed by atoms with Crippen LogP contribution in [-0.2, 0) is 16.1 Å². The maximum atomic E-state index is 10.9. The number of aromatic nitrogens is 2. The van der Waals surface area contributed by atoms with E-state index in [-0.39, 0.29) is 19.1 Å². The smallest absolute Gasteiger partial charge is 0.317 e. The Morgan fingerprint density at radius 3 is 2.67 bits per heavy atom. The van der Waals surface area contributed by atoms with Crippen LogP contribution >= 0.6 is 0 Å². The summed E-state index contributed by atoms with van der Waals surface area (Å²) in [6, 6.07) is 0.225. The van der Waals surface area contributed by atoms with E-state index in [2.05, 4.69) is 4.98 Å². The van der Waals surface area contributed by atoms with Crippen LogP contribution in [0.5, 0.6) is 0 Å². The minimum atomic E-state index is -0.994. The third kappa shape index (κ3) is 4.17. The number of hydrogen-bond donors (Lipinski definition) is 2. The third-order valence-corrected chi connectivity index (χ3v) is 2.43. The molecule has 1 aromatic rings. The van der Waals surface area contributed by atoms with Crippen LogP contribution in [0, 0.1) is 0 Å². The highest BCUT2D eigenvalue weighted by atomic mass is 16.4. The number of nitrogens with zero attached hydrogens (tertiary/aromatic N) is 3. The number of carboxylic acids is 1. The highest BCUT2D eigenvalue weighted by molar-refractivity contribution is 5.77. The summed E-state index contributed by atoms with van der Waals surface area (Å²) in [5.74, 6) is -1.54. The van der Waals surface area contributed by atoms with Crippen molar-refractivity contribution in [1.29, 1.82) is 0 Å². The Labute approximate surface area is 105 Å². The summed E-state index contributed by atoms with van der Waals surface area (Å²) in [6.07, 6.45) is 3.35. The van der Waals surface area contributed by atoms with Gasteiger partial charge in [-0.2, -0.15) is 0 Å². The van der Waals surface area contributed by atoms with E-state index in [0.717, 1.165) is 5.69 Å². The van der Waals surface area contributed by atoms with Crippen molar-refractivity contribution in [3.05, 3.63) is 18.2 Å². The molecule has 0 bridgehead atoms. The molecule has 0 unspecified atom stereocenters. The van der Waals surface area contributed by atoms with Gasteiger partial charge in [-0.25, -0.2) is 4.98 Å². The number of hydrogen-bond acceptors (Lipinski definition) is 4. The SMILES string of the molecule is CC(C)n1cncc1CN(CC(N)=O)CC(=O)O. The normalized spacial score (nSPS) is 11.1. The van der Waals surface area contributed by atoms with Crippen LogP contribution in [0.2, 0.25) is 0 Å². The number of carbonyl (C=O) groups excluding carboxylic acids is 1. The van der Waals surface area contributed by atoms with Gasteiger partial charge < -0.3 is 15.4 Å². The van der Waals surface area contributed by atoms with E-state index in [0.29, 0.717) is 6.54 Å². The van der Waals surface area contributed by atoms with Gasteiger partial charge in [-0.1, -0.05) is 0 Å². The maximum absolute atomic E-state index is 10.9. The number of nitrogens with two attached hydrogens (primary N) is 1. The fraction of sp³-hybridized carbons (Fsp3) is 0.545. The predicted octanol–water partition coefficient (Wildman–Crippen LogP) is -0.164. The van der Waals surface area contributed by atoms with Gasteiger partial charge in [0.1, 0.15) is 0 Å². The van der Waals surface area contributed by atoms with Crippen LogP contribution in [0.1, 0.15) is 25.6 Å².